The van der Waals surface area contributed by atoms with Crippen LogP contribution in [0.25, 0.3) is 6.08 Å². The second-order valence-electron chi connectivity index (χ2n) is 8.07. The normalized spacial score (nSPS) is 14.4. The highest BCUT2D eigenvalue weighted by Crippen LogP contribution is 2.40. The molecule has 1 saturated heterocycles. The van der Waals surface area contributed by atoms with Crippen LogP contribution < -0.4 is 29.2 Å². The summed E-state index contributed by atoms with van der Waals surface area (Å²) in [7, 11) is 4.25. The fourth-order valence-electron chi connectivity index (χ4n) is 3.76. The van der Waals surface area contributed by atoms with Gasteiger partial charge in [-0.25, -0.2) is 9.69 Å². The third-order valence-electron chi connectivity index (χ3n) is 5.66. The molecule has 202 valence electrons. The Hall–Kier alpha value is -3.29. The van der Waals surface area contributed by atoms with E-state index in [4.69, 9.17) is 30.5 Å². The van der Waals surface area contributed by atoms with Crippen LogP contribution in [0, 0.1) is 3.57 Å². The summed E-state index contributed by atoms with van der Waals surface area (Å²) in [6, 6.07) is 13.0. The molecule has 1 aliphatic rings. The molecule has 0 atom stereocenters. The number of benzene rings is 3. The average Bonchev–Trinajstić information content (AvgIpc) is 2.91. The van der Waals surface area contributed by atoms with Crippen molar-refractivity contribution >= 4 is 79.7 Å². The number of rotatable bonds is 8. The van der Waals surface area contributed by atoms with Gasteiger partial charge >= 0.3 is 6.03 Å². The maximum Gasteiger partial charge on any atom is 0.336 e. The van der Waals surface area contributed by atoms with Crippen LogP contribution in [0.2, 0.25) is 5.02 Å². The van der Waals surface area contributed by atoms with Crippen LogP contribution in [-0.2, 0) is 16.2 Å². The predicted molar refractivity (Wildman–Crippen MR) is 158 cm³/mol. The fourth-order valence-corrected chi connectivity index (χ4v) is 5.04. The van der Waals surface area contributed by atoms with Crippen LogP contribution in [0.4, 0.5) is 10.5 Å². The lowest BCUT2D eigenvalue weighted by Gasteiger charge is -2.28. The van der Waals surface area contributed by atoms with E-state index in [9.17, 15) is 14.4 Å². The molecular formula is C27H21BrClIN2O7. The van der Waals surface area contributed by atoms with Gasteiger partial charge in [0.1, 0.15) is 23.7 Å². The van der Waals surface area contributed by atoms with Crippen molar-refractivity contribution in [2.75, 3.05) is 26.2 Å². The third-order valence-corrected chi connectivity index (χ3v) is 7.28. The molecule has 0 unspecified atom stereocenters. The number of methoxy groups -OCH3 is 3. The van der Waals surface area contributed by atoms with E-state index >= 15 is 0 Å². The molecule has 4 rings (SSSR count). The molecule has 0 spiro atoms. The van der Waals surface area contributed by atoms with Gasteiger partial charge in [0.15, 0.2) is 11.5 Å². The number of amides is 4. The number of halogens is 3. The number of hydrogen-bond donors (Lipinski definition) is 1. The molecule has 9 nitrogen and oxygen atoms in total. The first-order valence-electron chi connectivity index (χ1n) is 11.2. The highest BCUT2D eigenvalue weighted by Gasteiger charge is 2.38. The summed E-state index contributed by atoms with van der Waals surface area (Å²) in [5.41, 5.74) is 1.24. The van der Waals surface area contributed by atoms with E-state index in [2.05, 4.69) is 43.8 Å². The summed E-state index contributed by atoms with van der Waals surface area (Å²) in [4.78, 5) is 39.8. The zero-order valence-electron chi connectivity index (χ0n) is 20.8. The number of carbonyl (C=O) groups is 3. The van der Waals surface area contributed by atoms with E-state index in [0.717, 1.165) is 14.9 Å². The number of barbiturate groups is 1. The minimum atomic E-state index is -0.936. The Bertz CT molecular complexity index is 1490. The van der Waals surface area contributed by atoms with E-state index in [1.54, 1.807) is 12.1 Å². The van der Waals surface area contributed by atoms with E-state index < -0.39 is 17.8 Å². The minimum Gasteiger partial charge on any atom is -0.495 e. The molecular weight excluding hydrogens is 707 g/mol. The monoisotopic (exact) mass is 726 g/mol. The number of hydrogen-bond acceptors (Lipinski definition) is 7. The smallest absolute Gasteiger partial charge is 0.336 e. The average molecular weight is 728 g/mol. The van der Waals surface area contributed by atoms with E-state index in [1.807, 2.05) is 24.3 Å². The van der Waals surface area contributed by atoms with Crippen molar-refractivity contribution in [3.05, 3.63) is 78.3 Å². The third kappa shape index (κ3) is 6.15. The van der Waals surface area contributed by atoms with Gasteiger partial charge < -0.3 is 18.9 Å². The first kappa shape index (κ1) is 28.7. The number of ether oxygens (including phenoxy) is 4. The van der Waals surface area contributed by atoms with Crippen molar-refractivity contribution in [3.8, 4) is 23.0 Å². The number of anilines is 1. The molecule has 1 N–H and O–H groups in total. The first-order chi connectivity index (χ1) is 18.7. The predicted octanol–water partition coefficient (Wildman–Crippen LogP) is 5.98. The van der Waals surface area contributed by atoms with Crippen molar-refractivity contribution in [1.29, 1.82) is 0 Å². The second-order valence-corrected chi connectivity index (χ2v) is 10.6. The van der Waals surface area contributed by atoms with Crippen LogP contribution in [0.1, 0.15) is 11.1 Å². The summed E-state index contributed by atoms with van der Waals surface area (Å²) in [6.45, 7) is 0.310. The molecule has 4 amide bonds. The van der Waals surface area contributed by atoms with Crippen molar-refractivity contribution in [2.24, 2.45) is 0 Å². The van der Waals surface area contributed by atoms with Gasteiger partial charge in [0.2, 0.25) is 0 Å². The summed E-state index contributed by atoms with van der Waals surface area (Å²) >= 11 is 11.7. The molecule has 3 aromatic carbocycles. The lowest BCUT2D eigenvalue weighted by Crippen LogP contribution is -2.54. The van der Waals surface area contributed by atoms with E-state index in [0.29, 0.717) is 27.2 Å². The highest BCUT2D eigenvalue weighted by molar-refractivity contribution is 14.1. The van der Waals surface area contributed by atoms with Gasteiger partial charge in [0, 0.05) is 16.6 Å². The fraction of sp³-hybridized carbons (Fsp3) is 0.148. The summed E-state index contributed by atoms with van der Waals surface area (Å²) in [6.07, 6.45) is 1.37. The second kappa shape index (κ2) is 12.3. The number of nitrogens with one attached hydrogen (secondary N) is 1. The Labute approximate surface area is 251 Å². The Kier molecular flexibility index (Phi) is 9.03. The largest absolute Gasteiger partial charge is 0.495 e. The van der Waals surface area contributed by atoms with Crippen molar-refractivity contribution in [1.82, 2.24) is 5.32 Å². The van der Waals surface area contributed by atoms with Crippen LogP contribution in [0.5, 0.6) is 23.0 Å². The van der Waals surface area contributed by atoms with Gasteiger partial charge in [-0.15, -0.1) is 0 Å². The quantitative estimate of drug-likeness (QED) is 0.173. The SMILES string of the molecule is COc1cc(N2C(=O)NC(=O)/C(=C\c3cc(I)c(OCc4ccc(Br)cc4)c(OC)c3)C2=O)c(OC)cc1Cl. The van der Waals surface area contributed by atoms with E-state index in [-0.39, 0.29) is 27.8 Å². The van der Waals surface area contributed by atoms with E-state index in [1.165, 1.54) is 39.5 Å². The molecule has 1 aliphatic heterocycles. The van der Waals surface area contributed by atoms with Crippen LogP contribution in [-0.4, -0.2) is 39.2 Å². The molecule has 1 heterocycles. The van der Waals surface area contributed by atoms with Crippen molar-refractivity contribution in [3.63, 3.8) is 0 Å². The topological polar surface area (TPSA) is 103 Å². The molecule has 0 aliphatic carbocycles. The van der Waals surface area contributed by atoms with Gasteiger partial charge in [-0.2, -0.15) is 0 Å². The number of carbonyl (C=O) groups excluding carboxylic acids is 3. The van der Waals surface area contributed by atoms with Crippen LogP contribution >= 0.6 is 50.1 Å². The van der Waals surface area contributed by atoms with Gasteiger partial charge in [-0.1, -0.05) is 39.7 Å². The number of urea groups is 1. The Morgan fingerprint density at radius 3 is 2.26 bits per heavy atom. The lowest BCUT2D eigenvalue weighted by atomic mass is 10.1. The number of imide groups is 2. The summed E-state index contributed by atoms with van der Waals surface area (Å²) in [5.74, 6) is -0.416. The van der Waals surface area contributed by atoms with Crippen molar-refractivity contribution < 1.29 is 33.3 Å². The lowest BCUT2D eigenvalue weighted by molar-refractivity contribution is -0.122. The van der Waals surface area contributed by atoms with Crippen LogP contribution in [0.15, 0.2) is 58.6 Å². The summed E-state index contributed by atoms with van der Waals surface area (Å²) < 4.78 is 23.8. The van der Waals surface area contributed by atoms with Gasteiger partial charge in [-0.05, 0) is 64.1 Å². The highest BCUT2D eigenvalue weighted by atomic mass is 127. The molecule has 12 heteroatoms. The van der Waals surface area contributed by atoms with Gasteiger partial charge in [0.25, 0.3) is 11.8 Å². The maximum atomic E-state index is 13.5. The number of nitrogens with zero attached hydrogens (tertiary/aromatic N) is 1. The molecule has 3 aromatic rings. The summed E-state index contributed by atoms with van der Waals surface area (Å²) in [5, 5.41) is 2.42. The minimum absolute atomic E-state index is 0.0588. The van der Waals surface area contributed by atoms with Crippen molar-refractivity contribution in [2.45, 2.75) is 6.61 Å². The zero-order chi connectivity index (χ0) is 28.3. The van der Waals surface area contributed by atoms with Crippen LogP contribution in [0.3, 0.4) is 0 Å². The molecule has 0 aromatic heterocycles. The Balaban J connectivity index is 1.68. The van der Waals surface area contributed by atoms with Gasteiger partial charge in [0.05, 0.1) is 35.6 Å². The Morgan fingerprint density at radius 1 is 0.949 bits per heavy atom. The molecule has 1 fully saturated rings. The molecule has 39 heavy (non-hydrogen) atoms. The Morgan fingerprint density at radius 2 is 1.62 bits per heavy atom. The molecule has 0 bridgehead atoms. The zero-order valence-corrected chi connectivity index (χ0v) is 25.3. The maximum absolute atomic E-state index is 13.5. The first-order valence-corrected chi connectivity index (χ1v) is 13.5. The van der Waals surface area contributed by atoms with Gasteiger partial charge in [-0.3, -0.25) is 14.9 Å². The molecule has 0 radical (unpaired) electrons. The molecule has 0 saturated carbocycles. The standard InChI is InChI=1S/C27H21BrClIN2O7/c1-36-21-12-20(22(37-2)11-18(21)29)32-26(34)17(25(33)31-27(32)35)8-15-9-19(30)24(23(10-15)38-3)39-13-14-4-6-16(28)7-5-14/h4-12H,13H2,1-3H3,(H,31,33,35)/b17-8+.